The highest BCUT2D eigenvalue weighted by Crippen LogP contribution is 2.26. The molecule has 1 N–H and O–H groups in total. The van der Waals surface area contributed by atoms with Crippen LogP contribution in [-0.2, 0) is 12.5 Å². The molecule has 5 nitrogen and oxygen atoms in total. The van der Waals surface area contributed by atoms with E-state index < -0.39 is 0 Å². The van der Waals surface area contributed by atoms with Gasteiger partial charge in [0.05, 0.1) is 18.1 Å². The van der Waals surface area contributed by atoms with E-state index in [1.807, 2.05) is 20.2 Å². The van der Waals surface area contributed by atoms with Crippen LogP contribution in [0.5, 0.6) is 0 Å². The summed E-state index contributed by atoms with van der Waals surface area (Å²) >= 11 is 0. The maximum atomic E-state index is 5.79. The van der Waals surface area contributed by atoms with Gasteiger partial charge in [0.15, 0.2) is 0 Å². The van der Waals surface area contributed by atoms with Crippen molar-refractivity contribution in [2.75, 3.05) is 5.32 Å². The molecule has 98 valence electrons. The van der Waals surface area contributed by atoms with E-state index in [0.717, 1.165) is 11.4 Å². The number of nitrogens with one attached hydrogen (secondary N) is 1. The Morgan fingerprint density at radius 2 is 2.06 bits per heavy atom. The van der Waals surface area contributed by atoms with Gasteiger partial charge in [0.1, 0.15) is 11.8 Å². The minimum Gasteiger partial charge on any atom is -0.443 e. The van der Waals surface area contributed by atoms with Gasteiger partial charge < -0.3 is 9.73 Å². The Labute approximate surface area is 107 Å². The number of hydrogen-bond acceptors (Lipinski definition) is 4. The van der Waals surface area contributed by atoms with Crippen LogP contribution in [0, 0.1) is 0 Å². The molecule has 0 fully saturated rings. The summed E-state index contributed by atoms with van der Waals surface area (Å²) in [7, 11) is 1.89. The standard InChI is InChI=1S/C13H20N4O/c1-9(16-10-6-15-17(5)8-10)12-14-7-11(18-12)13(2,3)4/h6-9,16H,1-5H3. The van der Waals surface area contributed by atoms with Crippen LogP contribution >= 0.6 is 0 Å². The molecule has 0 aromatic carbocycles. The Hall–Kier alpha value is -1.78. The Balaban J connectivity index is 2.09. The van der Waals surface area contributed by atoms with E-state index >= 15 is 0 Å². The monoisotopic (exact) mass is 248 g/mol. The summed E-state index contributed by atoms with van der Waals surface area (Å²) < 4.78 is 7.54. The lowest BCUT2D eigenvalue weighted by atomic mass is 9.94. The predicted molar refractivity (Wildman–Crippen MR) is 70.4 cm³/mol. The largest absolute Gasteiger partial charge is 0.443 e. The summed E-state index contributed by atoms with van der Waals surface area (Å²) in [5, 5.41) is 7.42. The van der Waals surface area contributed by atoms with Gasteiger partial charge in [-0.05, 0) is 6.92 Å². The van der Waals surface area contributed by atoms with Crippen LogP contribution in [0.2, 0.25) is 0 Å². The first-order chi connectivity index (χ1) is 8.36. The lowest BCUT2D eigenvalue weighted by Gasteiger charge is -2.14. The lowest BCUT2D eigenvalue weighted by molar-refractivity contribution is 0.374. The molecule has 0 saturated heterocycles. The molecule has 2 aromatic rings. The molecule has 0 spiro atoms. The van der Waals surface area contributed by atoms with E-state index in [1.54, 1.807) is 17.1 Å². The van der Waals surface area contributed by atoms with Gasteiger partial charge in [-0.2, -0.15) is 5.10 Å². The molecule has 0 aliphatic rings. The minimum absolute atomic E-state index is 0.0146. The fourth-order valence-electron chi connectivity index (χ4n) is 1.64. The molecular formula is C13H20N4O. The van der Waals surface area contributed by atoms with E-state index in [-0.39, 0.29) is 11.5 Å². The zero-order valence-electron chi connectivity index (χ0n) is 11.6. The quantitative estimate of drug-likeness (QED) is 0.907. The van der Waals surface area contributed by atoms with Gasteiger partial charge in [-0.3, -0.25) is 4.68 Å². The highest BCUT2D eigenvalue weighted by atomic mass is 16.4. The zero-order chi connectivity index (χ0) is 13.3. The van der Waals surface area contributed by atoms with E-state index in [0.29, 0.717) is 5.89 Å². The van der Waals surface area contributed by atoms with Crippen molar-refractivity contribution in [1.82, 2.24) is 14.8 Å². The molecule has 0 aliphatic carbocycles. The Bertz CT molecular complexity index is 521. The second kappa shape index (κ2) is 4.48. The molecule has 2 rings (SSSR count). The summed E-state index contributed by atoms with van der Waals surface area (Å²) in [6.45, 7) is 8.34. The highest BCUT2D eigenvalue weighted by molar-refractivity contribution is 5.39. The summed E-state index contributed by atoms with van der Waals surface area (Å²) in [6, 6.07) is 0.0188. The Morgan fingerprint density at radius 3 is 2.56 bits per heavy atom. The van der Waals surface area contributed by atoms with Crippen molar-refractivity contribution < 1.29 is 4.42 Å². The van der Waals surface area contributed by atoms with Crippen LogP contribution in [0.1, 0.15) is 45.4 Å². The normalized spacial score (nSPS) is 13.6. The van der Waals surface area contributed by atoms with Gasteiger partial charge in [0, 0.05) is 18.7 Å². The van der Waals surface area contributed by atoms with Gasteiger partial charge >= 0.3 is 0 Å². The van der Waals surface area contributed by atoms with Gasteiger partial charge in [0.25, 0.3) is 0 Å². The van der Waals surface area contributed by atoms with Crippen molar-refractivity contribution >= 4 is 5.69 Å². The first-order valence-corrected chi connectivity index (χ1v) is 6.07. The molecule has 18 heavy (non-hydrogen) atoms. The van der Waals surface area contributed by atoms with E-state index in [4.69, 9.17) is 4.42 Å². The summed E-state index contributed by atoms with van der Waals surface area (Å²) in [4.78, 5) is 4.33. The number of oxazole rings is 1. The average molecular weight is 248 g/mol. The van der Waals surface area contributed by atoms with E-state index in [2.05, 4.69) is 36.2 Å². The van der Waals surface area contributed by atoms with Crippen molar-refractivity contribution in [2.45, 2.75) is 39.2 Å². The van der Waals surface area contributed by atoms with Gasteiger partial charge in [-0.15, -0.1) is 0 Å². The molecule has 1 atom stereocenters. The predicted octanol–water partition coefficient (Wildman–Crippen LogP) is 2.88. The van der Waals surface area contributed by atoms with Crippen molar-refractivity contribution in [3.8, 4) is 0 Å². The van der Waals surface area contributed by atoms with Crippen LogP contribution in [0.15, 0.2) is 23.0 Å². The molecular weight excluding hydrogens is 228 g/mol. The molecule has 0 saturated carbocycles. The summed E-state index contributed by atoms with van der Waals surface area (Å²) in [5.41, 5.74) is 0.944. The second-order valence-corrected chi connectivity index (χ2v) is 5.58. The molecule has 0 bridgehead atoms. The van der Waals surface area contributed by atoms with Crippen LogP contribution in [0.3, 0.4) is 0 Å². The van der Waals surface area contributed by atoms with Crippen LogP contribution in [0.4, 0.5) is 5.69 Å². The van der Waals surface area contributed by atoms with Gasteiger partial charge in [-0.25, -0.2) is 4.98 Å². The minimum atomic E-state index is -0.0146. The molecule has 0 amide bonds. The van der Waals surface area contributed by atoms with Crippen LogP contribution in [-0.4, -0.2) is 14.8 Å². The van der Waals surface area contributed by atoms with Crippen LogP contribution < -0.4 is 5.32 Å². The van der Waals surface area contributed by atoms with Crippen molar-refractivity contribution in [1.29, 1.82) is 0 Å². The summed E-state index contributed by atoms with van der Waals surface area (Å²) in [5.74, 6) is 1.60. The molecule has 0 aliphatic heterocycles. The first kappa shape index (κ1) is 12.7. The maximum Gasteiger partial charge on any atom is 0.216 e. The molecule has 5 heteroatoms. The fourth-order valence-corrected chi connectivity index (χ4v) is 1.64. The molecule has 2 aromatic heterocycles. The molecule has 1 unspecified atom stereocenters. The summed E-state index contributed by atoms with van der Waals surface area (Å²) in [6.07, 6.45) is 5.50. The smallest absolute Gasteiger partial charge is 0.216 e. The lowest BCUT2D eigenvalue weighted by Crippen LogP contribution is -2.10. The number of nitrogens with zero attached hydrogens (tertiary/aromatic N) is 3. The number of rotatable bonds is 3. The fraction of sp³-hybridized carbons (Fsp3) is 0.538. The number of hydrogen-bond donors (Lipinski definition) is 1. The topological polar surface area (TPSA) is 55.9 Å². The number of aryl methyl sites for hydroxylation is 1. The Morgan fingerprint density at radius 1 is 1.33 bits per heavy atom. The maximum absolute atomic E-state index is 5.79. The average Bonchev–Trinajstić information content (AvgIpc) is 2.85. The van der Waals surface area contributed by atoms with Crippen molar-refractivity contribution in [2.24, 2.45) is 7.05 Å². The van der Waals surface area contributed by atoms with E-state index in [1.165, 1.54) is 0 Å². The third-order valence-corrected chi connectivity index (χ3v) is 2.72. The molecule has 2 heterocycles. The zero-order valence-corrected chi connectivity index (χ0v) is 11.6. The van der Waals surface area contributed by atoms with Crippen molar-refractivity contribution in [3.63, 3.8) is 0 Å². The molecule has 0 radical (unpaired) electrons. The first-order valence-electron chi connectivity index (χ1n) is 6.07. The second-order valence-electron chi connectivity index (χ2n) is 5.58. The van der Waals surface area contributed by atoms with Gasteiger partial charge in [-0.1, -0.05) is 20.8 Å². The van der Waals surface area contributed by atoms with E-state index in [9.17, 15) is 0 Å². The van der Waals surface area contributed by atoms with Crippen LogP contribution in [0.25, 0.3) is 0 Å². The third kappa shape index (κ3) is 2.72. The van der Waals surface area contributed by atoms with Crippen molar-refractivity contribution in [3.05, 3.63) is 30.2 Å². The SMILES string of the molecule is CC(Nc1cnn(C)c1)c1ncc(C(C)(C)C)o1. The Kier molecular flexibility index (Phi) is 3.15. The van der Waals surface area contributed by atoms with Gasteiger partial charge in [0.2, 0.25) is 5.89 Å². The number of aromatic nitrogens is 3. The third-order valence-electron chi connectivity index (χ3n) is 2.72. The highest BCUT2D eigenvalue weighted by Gasteiger charge is 2.21. The number of anilines is 1.